The maximum Gasteiger partial charge on any atom is 0.212 e. The zero-order valence-electron chi connectivity index (χ0n) is 12.4. The topological polar surface area (TPSA) is 70.0 Å². The number of ether oxygens (including phenoxy) is 4. The number of benzene rings is 1. The molecule has 2 heterocycles. The van der Waals surface area contributed by atoms with Gasteiger partial charge in [0.05, 0.1) is 20.8 Å². The number of aromatic nitrogens is 1. The summed E-state index contributed by atoms with van der Waals surface area (Å²) >= 11 is 0. The van der Waals surface area contributed by atoms with Crippen LogP contribution in [0.2, 0.25) is 0 Å². The Morgan fingerprint density at radius 3 is 2.77 bits per heavy atom. The summed E-state index contributed by atoms with van der Waals surface area (Å²) in [5, 5.41) is 9.27. The van der Waals surface area contributed by atoms with Crippen molar-refractivity contribution in [1.82, 2.24) is 4.98 Å². The highest BCUT2D eigenvalue weighted by molar-refractivity contribution is 5.54. The number of rotatable bonds is 4. The Kier molecular flexibility index (Phi) is 4.02. The van der Waals surface area contributed by atoms with Gasteiger partial charge in [0.15, 0.2) is 17.6 Å². The van der Waals surface area contributed by atoms with Gasteiger partial charge in [-0.2, -0.15) is 0 Å². The number of aliphatic hydroxyl groups excluding tert-OH is 1. The standard InChI is InChI=1S/C16H17NO5/c1-19-12-5-10(8-18)6-13-16(12)22-14(9-21-13)11-3-4-15(20-2)17-7-11/h3-7,14,18H,8-9H2,1-2H3. The van der Waals surface area contributed by atoms with Gasteiger partial charge in [-0.15, -0.1) is 0 Å². The molecule has 0 amide bonds. The third kappa shape index (κ3) is 2.65. The maximum absolute atomic E-state index is 9.27. The van der Waals surface area contributed by atoms with Crippen molar-refractivity contribution < 1.29 is 24.1 Å². The average molecular weight is 303 g/mol. The van der Waals surface area contributed by atoms with Crippen LogP contribution in [-0.2, 0) is 6.61 Å². The van der Waals surface area contributed by atoms with Crippen LogP contribution in [0, 0.1) is 0 Å². The fourth-order valence-corrected chi connectivity index (χ4v) is 2.31. The molecule has 0 saturated heterocycles. The molecule has 0 fully saturated rings. The molecule has 1 aliphatic heterocycles. The summed E-state index contributed by atoms with van der Waals surface area (Å²) in [6, 6.07) is 7.15. The molecule has 3 rings (SSSR count). The summed E-state index contributed by atoms with van der Waals surface area (Å²) in [6.07, 6.45) is 1.42. The summed E-state index contributed by atoms with van der Waals surface area (Å²) < 4.78 is 22.1. The average Bonchev–Trinajstić information content (AvgIpc) is 2.60. The first-order valence-corrected chi connectivity index (χ1v) is 6.86. The van der Waals surface area contributed by atoms with Gasteiger partial charge >= 0.3 is 0 Å². The summed E-state index contributed by atoms with van der Waals surface area (Å²) in [5.41, 5.74) is 1.60. The van der Waals surface area contributed by atoms with Gasteiger partial charge in [0.25, 0.3) is 0 Å². The quantitative estimate of drug-likeness (QED) is 0.933. The van der Waals surface area contributed by atoms with Gasteiger partial charge in [0.1, 0.15) is 6.61 Å². The Hall–Kier alpha value is -2.47. The van der Waals surface area contributed by atoms with Crippen molar-refractivity contribution in [3.63, 3.8) is 0 Å². The highest BCUT2D eigenvalue weighted by Gasteiger charge is 2.26. The minimum atomic E-state index is -0.278. The highest BCUT2D eigenvalue weighted by atomic mass is 16.6. The molecule has 1 aromatic carbocycles. The van der Waals surface area contributed by atoms with E-state index in [9.17, 15) is 5.11 Å². The van der Waals surface area contributed by atoms with E-state index in [0.29, 0.717) is 35.3 Å². The molecule has 0 saturated carbocycles. The van der Waals surface area contributed by atoms with Gasteiger partial charge < -0.3 is 24.1 Å². The van der Waals surface area contributed by atoms with E-state index in [-0.39, 0.29) is 12.7 Å². The van der Waals surface area contributed by atoms with Crippen molar-refractivity contribution in [2.24, 2.45) is 0 Å². The second-order valence-corrected chi connectivity index (χ2v) is 4.83. The van der Waals surface area contributed by atoms with Crippen LogP contribution < -0.4 is 18.9 Å². The number of pyridine rings is 1. The summed E-state index contributed by atoms with van der Waals surface area (Å²) in [5.74, 6) is 2.19. The van der Waals surface area contributed by atoms with E-state index in [1.54, 1.807) is 38.6 Å². The van der Waals surface area contributed by atoms with Crippen molar-refractivity contribution in [3.05, 3.63) is 41.6 Å². The van der Waals surface area contributed by atoms with Crippen molar-refractivity contribution in [3.8, 4) is 23.1 Å². The Morgan fingerprint density at radius 2 is 2.14 bits per heavy atom. The Labute approximate surface area is 128 Å². The van der Waals surface area contributed by atoms with E-state index < -0.39 is 0 Å². The van der Waals surface area contributed by atoms with Gasteiger partial charge in [0.2, 0.25) is 11.6 Å². The molecule has 22 heavy (non-hydrogen) atoms. The van der Waals surface area contributed by atoms with Crippen molar-refractivity contribution in [2.75, 3.05) is 20.8 Å². The lowest BCUT2D eigenvalue weighted by atomic mass is 10.1. The van der Waals surface area contributed by atoms with Crippen LogP contribution in [0.25, 0.3) is 0 Å². The number of hydrogen-bond donors (Lipinski definition) is 1. The van der Waals surface area contributed by atoms with E-state index in [1.807, 2.05) is 6.07 Å². The Bertz CT molecular complexity index is 639. The minimum Gasteiger partial charge on any atom is -0.493 e. The molecule has 0 aliphatic carbocycles. The molecule has 6 heteroatoms. The molecule has 2 aromatic rings. The van der Waals surface area contributed by atoms with Crippen LogP contribution in [0.15, 0.2) is 30.5 Å². The lowest BCUT2D eigenvalue weighted by molar-refractivity contribution is 0.0864. The normalized spacial score (nSPS) is 16.2. The summed E-state index contributed by atoms with van der Waals surface area (Å²) in [4.78, 5) is 4.18. The van der Waals surface area contributed by atoms with Crippen LogP contribution in [0.4, 0.5) is 0 Å². The highest BCUT2D eigenvalue weighted by Crippen LogP contribution is 2.44. The fourth-order valence-electron chi connectivity index (χ4n) is 2.31. The van der Waals surface area contributed by atoms with Crippen LogP contribution in [0.1, 0.15) is 17.2 Å². The van der Waals surface area contributed by atoms with Crippen molar-refractivity contribution in [2.45, 2.75) is 12.7 Å². The van der Waals surface area contributed by atoms with E-state index in [1.165, 1.54) is 0 Å². The molecule has 0 radical (unpaired) electrons. The first kappa shape index (κ1) is 14.5. The van der Waals surface area contributed by atoms with Crippen molar-refractivity contribution in [1.29, 1.82) is 0 Å². The van der Waals surface area contributed by atoms with Crippen LogP contribution >= 0.6 is 0 Å². The molecule has 1 aromatic heterocycles. The number of aliphatic hydroxyl groups is 1. The second kappa shape index (κ2) is 6.11. The molecule has 1 aliphatic rings. The van der Waals surface area contributed by atoms with Crippen molar-refractivity contribution >= 4 is 0 Å². The van der Waals surface area contributed by atoms with Gasteiger partial charge in [0, 0.05) is 17.8 Å². The van der Waals surface area contributed by atoms with E-state index in [4.69, 9.17) is 18.9 Å². The molecule has 1 unspecified atom stereocenters. The van der Waals surface area contributed by atoms with Crippen LogP contribution in [0.3, 0.4) is 0 Å². The largest absolute Gasteiger partial charge is 0.493 e. The Morgan fingerprint density at radius 1 is 1.27 bits per heavy atom. The van der Waals surface area contributed by atoms with Crippen LogP contribution in [-0.4, -0.2) is 30.9 Å². The van der Waals surface area contributed by atoms with Crippen LogP contribution in [0.5, 0.6) is 23.1 Å². The number of nitrogens with zero attached hydrogens (tertiary/aromatic N) is 1. The molecular formula is C16H17NO5. The molecule has 0 spiro atoms. The third-order valence-corrected chi connectivity index (χ3v) is 3.47. The number of fused-ring (bicyclic) bond motifs is 1. The molecular weight excluding hydrogens is 286 g/mol. The number of methoxy groups -OCH3 is 2. The first-order chi connectivity index (χ1) is 10.7. The lowest BCUT2D eigenvalue weighted by Gasteiger charge is -2.28. The van der Waals surface area contributed by atoms with E-state index in [2.05, 4.69) is 4.98 Å². The summed E-state index contributed by atoms with van der Waals surface area (Å²) in [6.45, 7) is 0.276. The minimum absolute atomic E-state index is 0.0845. The SMILES string of the molecule is COc1ccc(C2COc3cc(CO)cc(OC)c3O2)cn1. The molecule has 6 nitrogen and oxygen atoms in total. The van der Waals surface area contributed by atoms with Gasteiger partial charge in [-0.3, -0.25) is 0 Å². The van der Waals surface area contributed by atoms with Gasteiger partial charge in [-0.1, -0.05) is 0 Å². The van der Waals surface area contributed by atoms with E-state index >= 15 is 0 Å². The zero-order chi connectivity index (χ0) is 15.5. The molecule has 116 valence electrons. The number of hydrogen-bond acceptors (Lipinski definition) is 6. The monoisotopic (exact) mass is 303 g/mol. The Balaban J connectivity index is 1.89. The third-order valence-electron chi connectivity index (χ3n) is 3.47. The van der Waals surface area contributed by atoms with Gasteiger partial charge in [-0.05, 0) is 23.8 Å². The predicted octanol–water partition coefficient (Wildman–Crippen LogP) is 2.10. The molecule has 1 atom stereocenters. The smallest absolute Gasteiger partial charge is 0.212 e. The summed E-state index contributed by atoms with van der Waals surface area (Å²) in [7, 11) is 3.13. The second-order valence-electron chi connectivity index (χ2n) is 4.83. The predicted molar refractivity (Wildman–Crippen MR) is 78.6 cm³/mol. The van der Waals surface area contributed by atoms with E-state index in [0.717, 1.165) is 5.56 Å². The maximum atomic E-state index is 9.27. The molecule has 1 N–H and O–H groups in total. The van der Waals surface area contributed by atoms with Gasteiger partial charge in [-0.25, -0.2) is 4.98 Å². The fraction of sp³-hybridized carbons (Fsp3) is 0.312. The zero-order valence-corrected chi connectivity index (χ0v) is 12.4. The molecule has 0 bridgehead atoms. The lowest BCUT2D eigenvalue weighted by Crippen LogP contribution is -2.22. The first-order valence-electron chi connectivity index (χ1n) is 6.86.